The summed E-state index contributed by atoms with van der Waals surface area (Å²) in [6.07, 6.45) is 4.00. The Bertz CT molecular complexity index is 363. The van der Waals surface area contributed by atoms with E-state index in [9.17, 15) is 9.90 Å². The molecule has 0 unspecified atom stereocenters. The third-order valence-electron chi connectivity index (χ3n) is 1.29. The van der Waals surface area contributed by atoms with E-state index in [1.54, 1.807) is 0 Å². The fourth-order valence-electron chi connectivity index (χ4n) is 0.728. The van der Waals surface area contributed by atoms with E-state index < -0.39 is 5.97 Å². The average molecular weight is 288 g/mol. The molecule has 0 spiro atoms. The van der Waals surface area contributed by atoms with Crippen LogP contribution in [0, 0.1) is 0 Å². The molecule has 19 heavy (non-hydrogen) atoms. The minimum Gasteiger partial charge on any atom is -0.655 e. The topological polar surface area (TPSA) is 83.5 Å². The van der Waals surface area contributed by atoms with E-state index in [1.165, 1.54) is 32.9 Å². The number of benzene rings is 1. The molecule has 0 radical (unpaired) electrons. The Morgan fingerprint density at radius 1 is 1.26 bits per heavy atom. The molecular weight excluding hydrogens is 275 g/mol. The second-order valence-corrected chi connectivity index (χ2v) is 2.55. The van der Waals surface area contributed by atoms with Crippen LogP contribution in [0.5, 0.6) is 0 Å². The standard InChI is InChI=1S/C9H8O2.C2H3O2.C2H3O.K/c10-9(11)7-6-8-4-2-1-3-5-8;1-4-2-3;1-2-3;/h1-7H,(H,10,11);1H3;1H3;/q;2*-1;+1/p-1/b7-6+;;;. The van der Waals surface area contributed by atoms with Gasteiger partial charge in [0.15, 0.2) is 0 Å². The van der Waals surface area contributed by atoms with Crippen molar-refractivity contribution in [2.75, 3.05) is 7.11 Å². The van der Waals surface area contributed by atoms with Crippen LogP contribution < -0.4 is 56.5 Å². The quantitative estimate of drug-likeness (QED) is 0.342. The van der Waals surface area contributed by atoms with Crippen molar-refractivity contribution in [2.24, 2.45) is 0 Å². The van der Waals surface area contributed by atoms with Gasteiger partial charge in [-0.05, 0) is 11.6 Å². The Morgan fingerprint density at radius 2 is 1.68 bits per heavy atom. The first kappa shape index (κ1) is 23.3. The molecule has 0 aliphatic heterocycles. The third kappa shape index (κ3) is 22.8. The number of carbonyl (C=O) groups excluding carboxylic acids is 3. The maximum atomic E-state index is 9.97. The number of carboxylic acid groups (broad SMARTS) is 1. The predicted molar refractivity (Wildman–Crippen MR) is 64.6 cm³/mol. The normalized spacial score (nSPS) is 7.68. The number of rotatable bonds is 3. The van der Waals surface area contributed by atoms with E-state index >= 15 is 0 Å². The second kappa shape index (κ2) is 19.5. The summed E-state index contributed by atoms with van der Waals surface area (Å²) in [7, 11) is 1.26. The second-order valence-electron chi connectivity index (χ2n) is 2.55. The van der Waals surface area contributed by atoms with Crippen LogP contribution in [0.1, 0.15) is 12.5 Å². The van der Waals surface area contributed by atoms with Gasteiger partial charge in [0.05, 0.1) is 5.97 Å². The number of carbonyl (C=O) groups is 1. The summed E-state index contributed by atoms with van der Waals surface area (Å²) in [6, 6.07) is 9.19. The van der Waals surface area contributed by atoms with Gasteiger partial charge in [0.2, 0.25) is 0 Å². The van der Waals surface area contributed by atoms with Crippen LogP contribution in [-0.2, 0) is 19.1 Å². The molecule has 0 atom stereocenters. The van der Waals surface area contributed by atoms with E-state index in [2.05, 4.69) is 4.74 Å². The number of hydrogen-bond donors (Lipinski definition) is 0. The summed E-state index contributed by atoms with van der Waals surface area (Å²) in [5.74, 6) is -1.17. The van der Waals surface area contributed by atoms with Gasteiger partial charge in [-0.3, -0.25) is 6.29 Å². The molecule has 0 aliphatic carbocycles. The molecular formula is C13H13KO5-2. The van der Waals surface area contributed by atoms with E-state index in [4.69, 9.17) is 9.59 Å². The smallest absolute Gasteiger partial charge is 0.655 e. The number of aliphatic carboxylic acids is 1. The maximum Gasteiger partial charge on any atom is 1.00 e. The first-order chi connectivity index (χ1) is 8.62. The first-order valence-corrected chi connectivity index (χ1v) is 4.75. The van der Waals surface area contributed by atoms with Crippen molar-refractivity contribution < 1.29 is 75.6 Å². The first-order valence-electron chi connectivity index (χ1n) is 4.75. The SMILES string of the molecule is CO[C-]=O.C[C-]=O.O=C([O-])/C=C/c1ccccc1.[K+]. The Balaban J connectivity index is -0.000000272. The van der Waals surface area contributed by atoms with Crippen LogP contribution in [0.2, 0.25) is 0 Å². The molecule has 0 amide bonds. The van der Waals surface area contributed by atoms with E-state index in [1.807, 2.05) is 30.3 Å². The van der Waals surface area contributed by atoms with Crippen LogP contribution in [-0.4, -0.2) is 25.8 Å². The molecule has 0 heterocycles. The largest absolute Gasteiger partial charge is 1.00 e. The zero-order chi connectivity index (χ0) is 14.2. The van der Waals surface area contributed by atoms with Gasteiger partial charge in [0.25, 0.3) is 0 Å². The van der Waals surface area contributed by atoms with Gasteiger partial charge in [0, 0.05) is 7.11 Å². The molecule has 0 aromatic heterocycles. The van der Waals surface area contributed by atoms with Crippen molar-refractivity contribution in [3.63, 3.8) is 0 Å². The van der Waals surface area contributed by atoms with Crippen molar-refractivity contribution >= 4 is 24.8 Å². The maximum absolute atomic E-state index is 9.97. The number of methoxy groups -OCH3 is 1. The number of hydrogen-bond acceptors (Lipinski definition) is 5. The van der Waals surface area contributed by atoms with Crippen LogP contribution >= 0.6 is 0 Å². The third-order valence-corrected chi connectivity index (χ3v) is 1.29. The van der Waals surface area contributed by atoms with Crippen molar-refractivity contribution in [1.29, 1.82) is 0 Å². The van der Waals surface area contributed by atoms with Gasteiger partial charge in [-0.25, -0.2) is 0 Å². The fraction of sp³-hybridized carbons (Fsp3) is 0.154. The zero-order valence-corrected chi connectivity index (χ0v) is 14.2. The number of ether oxygens (including phenoxy) is 1. The molecule has 6 heteroatoms. The van der Waals surface area contributed by atoms with E-state index in [0.29, 0.717) is 0 Å². The van der Waals surface area contributed by atoms with Crippen LogP contribution in [0.3, 0.4) is 0 Å². The summed E-state index contributed by atoms with van der Waals surface area (Å²) in [5.41, 5.74) is 0.858. The van der Waals surface area contributed by atoms with Gasteiger partial charge in [-0.2, -0.15) is 6.92 Å². The van der Waals surface area contributed by atoms with Crippen molar-refractivity contribution in [2.45, 2.75) is 6.92 Å². The zero-order valence-electron chi connectivity index (χ0n) is 11.1. The molecule has 5 nitrogen and oxygen atoms in total. The molecule has 0 saturated heterocycles. The molecule has 98 valence electrons. The Hall–Kier alpha value is -0.794. The van der Waals surface area contributed by atoms with Gasteiger partial charge < -0.3 is 24.2 Å². The number of carboxylic acids is 1. The summed E-state index contributed by atoms with van der Waals surface area (Å²) in [6.45, 7) is 2.50. The van der Waals surface area contributed by atoms with Crippen LogP contribution in [0.4, 0.5) is 0 Å². The molecule has 1 aromatic rings. The van der Waals surface area contributed by atoms with Crippen LogP contribution in [0.25, 0.3) is 6.08 Å². The summed E-state index contributed by atoms with van der Waals surface area (Å²) in [4.78, 5) is 27.5. The summed E-state index contributed by atoms with van der Waals surface area (Å²) in [5, 5.41) is 9.97. The summed E-state index contributed by atoms with van der Waals surface area (Å²) >= 11 is 0. The average Bonchev–Trinajstić information content (AvgIpc) is 2.39. The van der Waals surface area contributed by atoms with E-state index in [-0.39, 0.29) is 51.4 Å². The molecule has 1 rings (SSSR count). The van der Waals surface area contributed by atoms with Gasteiger partial charge in [-0.15, -0.1) is 0 Å². The molecule has 1 aromatic carbocycles. The Labute approximate surface area is 155 Å². The van der Waals surface area contributed by atoms with Gasteiger partial charge in [0.1, 0.15) is 0 Å². The monoisotopic (exact) mass is 288 g/mol. The van der Waals surface area contributed by atoms with E-state index in [0.717, 1.165) is 11.6 Å². The van der Waals surface area contributed by atoms with Gasteiger partial charge >= 0.3 is 51.4 Å². The van der Waals surface area contributed by atoms with Crippen LogP contribution in [0.15, 0.2) is 36.4 Å². The Morgan fingerprint density at radius 3 is 2.00 bits per heavy atom. The minimum atomic E-state index is -1.17. The summed E-state index contributed by atoms with van der Waals surface area (Å²) < 4.78 is 3.74. The molecule has 0 fully saturated rings. The molecule has 0 saturated carbocycles. The van der Waals surface area contributed by atoms with Crippen molar-refractivity contribution in [3.8, 4) is 0 Å². The molecule has 0 bridgehead atoms. The minimum absolute atomic E-state index is 0. The van der Waals surface area contributed by atoms with Gasteiger partial charge in [-0.1, -0.05) is 42.9 Å². The van der Waals surface area contributed by atoms with Crippen molar-refractivity contribution in [3.05, 3.63) is 42.0 Å². The molecule has 0 aliphatic rings. The fourth-order valence-corrected chi connectivity index (χ4v) is 0.728. The molecule has 0 N–H and O–H groups in total. The Kier molecular flexibility index (Phi) is 24.0. The predicted octanol–water partition coefficient (Wildman–Crippen LogP) is -2.73. The van der Waals surface area contributed by atoms with Crippen molar-refractivity contribution in [1.82, 2.24) is 0 Å².